The van der Waals surface area contributed by atoms with Gasteiger partial charge in [-0.05, 0) is 32.1 Å². The smallest absolute Gasteiger partial charge is 0.394 e. The van der Waals surface area contributed by atoms with Gasteiger partial charge in [-0.15, -0.1) is 0 Å². The molecule has 12 nitrogen and oxygen atoms in total. The number of rotatable bonds is 37. The van der Waals surface area contributed by atoms with Crippen molar-refractivity contribution < 1.29 is 51.8 Å². The van der Waals surface area contributed by atoms with E-state index in [-0.39, 0.29) is 18.9 Å². The molecule has 1 heterocycles. The molecule has 13 heteroatoms. The summed E-state index contributed by atoms with van der Waals surface area (Å²) in [5.74, 6) is -0.244. The molecule has 0 aromatic rings. The second kappa shape index (κ2) is 33.8. The molecule has 1 aliphatic rings. The van der Waals surface area contributed by atoms with E-state index in [0.29, 0.717) is 12.8 Å². The fourth-order valence-corrected chi connectivity index (χ4v) is 7.60. The summed E-state index contributed by atoms with van der Waals surface area (Å²) in [4.78, 5) is 13.0. The number of amides is 1. The SMILES string of the molecule is CCCC/C=C\CCCCCCC(=O)NC(COC1OC(CO)C(O)C(OS(=O)(=O)O)C1O)C(O)CCCCCCCCCCCCCCCCCCCC. The predicted octanol–water partition coefficient (Wildman–Crippen LogP) is 7.99. The van der Waals surface area contributed by atoms with Crippen LogP contribution >= 0.6 is 0 Å². The summed E-state index contributed by atoms with van der Waals surface area (Å²) < 4.78 is 47.5. The van der Waals surface area contributed by atoms with Crippen LogP contribution < -0.4 is 5.32 Å². The minimum Gasteiger partial charge on any atom is -0.394 e. The normalized spacial score (nSPS) is 21.6. The highest BCUT2D eigenvalue weighted by atomic mass is 32.3. The van der Waals surface area contributed by atoms with Crippen LogP contribution in [0.2, 0.25) is 0 Å². The average Bonchev–Trinajstić information content (AvgIpc) is 3.15. The number of allylic oxidation sites excluding steroid dienone is 2. The molecule has 0 bridgehead atoms. The largest absolute Gasteiger partial charge is 0.397 e. The van der Waals surface area contributed by atoms with Gasteiger partial charge in [0.1, 0.15) is 24.4 Å². The number of ether oxygens (including phenoxy) is 2. The molecule has 0 aromatic heterocycles. The van der Waals surface area contributed by atoms with E-state index < -0.39 is 59.9 Å². The molecule has 1 fully saturated rings. The van der Waals surface area contributed by atoms with Crippen LogP contribution in [0.25, 0.3) is 0 Å². The van der Waals surface area contributed by atoms with Gasteiger partial charge in [0.15, 0.2) is 6.29 Å². The Morgan fingerprint density at radius 2 is 1.18 bits per heavy atom. The molecule has 1 aliphatic heterocycles. The Balaban J connectivity index is 2.49. The molecule has 7 unspecified atom stereocenters. The molecule has 0 saturated carbocycles. The lowest BCUT2D eigenvalue weighted by Crippen LogP contribution is -2.61. The van der Waals surface area contributed by atoms with Gasteiger partial charge >= 0.3 is 10.4 Å². The van der Waals surface area contributed by atoms with E-state index in [9.17, 15) is 33.6 Å². The van der Waals surface area contributed by atoms with Crippen molar-refractivity contribution in [3.05, 3.63) is 12.2 Å². The molecular formula is C42H81NO11S. The van der Waals surface area contributed by atoms with E-state index in [1.807, 2.05) is 0 Å². The molecule has 0 radical (unpaired) electrons. The van der Waals surface area contributed by atoms with Crippen molar-refractivity contribution in [3.8, 4) is 0 Å². The number of aliphatic hydroxyl groups excluding tert-OH is 4. The summed E-state index contributed by atoms with van der Waals surface area (Å²) in [6.45, 7) is 3.38. The van der Waals surface area contributed by atoms with Gasteiger partial charge < -0.3 is 35.2 Å². The monoisotopic (exact) mass is 808 g/mol. The van der Waals surface area contributed by atoms with Gasteiger partial charge in [0.25, 0.3) is 0 Å². The Bertz CT molecular complexity index is 1050. The summed E-state index contributed by atoms with van der Waals surface area (Å²) in [5, 5.41) is 44.7. The Morgan fingerprint density at radius 3 is 1.69 bits per heavy atom. The molecule has 0 aromatic carbocycles. The van der Waals surface area contributed by atoms with Crippen molar-refractivity contribution in [1.82, 2.24) is 5.32 Å². The lowest BCUT2D eigenvalue weighted by atomic mass is 9.99. The van der Waals surface area contributed by atoms with Crippen molar-refractivity contribution in [3.63, 3.8) is 0 Å². The minimum atomic E-state index is -5.07. The Hall–Kier alpha value is -1.16. The molecule has 326 valence electrons. The van der Waals surface area contributed by atoms with Gasteiger partial charge in [0, 0.05) is 6.42 Å². The number of hydrogen-bond acceptors (Lipinski definition) is 10. The van der Waals surface area contributed by atoms with E-state index in [4.69, 9.17) is 14.0 Å². The molecule has 55 heavy (non-hydrogen) atoms. The Labute approximate surface area is 334 Å². The maximum atomic E-state index is 13.0. The maximum absolute atomic E-state index is 13.0. The number of aliphatic hydroxyl groups is 4. The zero-order valence-electron chi connectivity index (χ0n) is 34.5. The minimum absolute atomic E-state index is 0.244. The van der Waals surface area contributed by atoms with Gasteiger partial charge in [-0.1, -0.05) is 167 Å². The summed E-state index contributed by atoms with van der Waals surface area (Å²) in [7, 11) is -5.07. The fraction of sp³-hybridized carbons (Fsp3) is 0.929. The lowest BCUT2D eigenvalue weighted by Gasteiger charge is -2.41. The summed E-state index contributed by atoms with van der Waals surface area (Å²) >= 11 is 0. The highest BCUT2D eigenvalue weighted by Gasteiger charge is 2.48. The van der Waals surface area contributed by atoms with Gasteiger partial charge in [0.2, 0.25) is 5.91 Å². The standard InChI is InChI=1S/C42H81NO11S/c1-3-5-7-9-11-13-15-16-17-18-19-20-21-22-23-25-27-29-31-36(45)35(43-38(46)32-30-28-26-24-14-12-10-8-6-4-2)34-52-42-40(48)41(54-55(49,50)51)39(47)37(33-44)53-42/h10,12,35-37,39-42,44-45,47-48H,3-9,11,13-34H2,1-2H3,(H,43,46)(H,49,50,51)/b12-10-. The van der Waals surface area contributed by atoms with E-state index in [0.717, 1.165) is 57.8 Å². The lowest BCUT2D eigenvalue weighted by molar-refractivity contribution is -0.298. The van der Waals surface area contributed by atoms with Gasteiger partial charge in [-0.25, -0.2) is 4.18 Å². The first-order valence-corrected chi connectivity index (χ1v) is 23.4. The van der Waals surface area contributed by atoms with Crippen molar-refractivity contribution in [2.75, 3.05) is 13.2 Å². The molecule has 0 spiro atoms. The molecule has 7 atom stereocenters. The summed E-state index contributed by atoms with van der Waals surface area (Å²) in [6, 6.07) is -0.859. The molecule has 0 aliphatic carbocycles. The summed E-state index contributed by atoms with van der Waals surface area (Å²) in [6.07, 6.45) is 26.5. The number of unbranched alkanes of at least 4 members (excludes halogenated alkanes) is 23. The first-order chi connectivity index (χ1) is 26.5. The molecule has 1 rings (SSSR count). The number of carbonyl (C=O) groups excluding carboxylic acids is 1. The molecule has 1 saturated heterocycles. The van der Waals surface area contributed by atoms with E-state index in [2.05, 4.69) is 35.5 Å². The zero-order chi connectivity index (χ0) is 40.6. The van der Waals surface area contributed by atoms with Crippen LogP contribution in [0, 0.1) is 0 Å². The third-order valence-electron chi connectivity index (χ3n) is 10.6. The quantitative estimate of drug-likeness (QED) is 0.0203. The van der Waals surface area contributed by atoms with Crippen LogP contribution in [-0.4, -0.2) is 95.4 Å². The van der Waals surface area contributed by atoms with Crippen molar-refractivity contribution in [2.24, 2.45) is 0 Å². The van der Waals surface area contributed by atoms with Gasteiger partial charge in [-0.3, -0.25) is 9.35 Å². The summed E-state index contributed by atoms with van der Waals surface area (Å²) in [5.41, 5.74) is 0. The number of nitrogens with one attached hydrogen (secondary N) is 1. The topological polar surface area (TPSA) is 192 Å². The molecule has 6 N–H and O–H groups in total. The third kappa shape index (κ3) is 27.2. The first-order valence-electron chi connectivity index (χ1n) is 22.1. The Kier molecular flexibility index (Phi) is 31.8. The van der Waals surface area contributed by atoms with Crippen LogP contribution in [0.1, 0.15) is 194 Å². The fourth-order valence-electron chi connectivity index (χ4n) is 7.09. The van der Waals surface area contributed by atoms with Crippen molar-refractivity contribution in [1.29, 1.82) is 0 Å². The third-order valence-corrected chi connectivity index (χ3v) is 11.0. The van der Waals surface area contributed by atoms with Crippen LogP contribution in [0.15, 0.2) is 12.2 Å². The van der Waals surface area contributed by atoms with E-state index >= 15 is 0 Å². The second-order valence-corrected chi connectivity index (χ2v) is 16.7. The van der Waals surface area contributed by atoms with Crippen LogP contribution in [0.4, 0.5) is 0 Å². The highest BCUT2D eigenvalue weighted by Crippen LogP contribution is 2.26. The molecular weight excluding hydrogens is 727 g/mol. The van der Waals surface area contributed by atoms with Crippen LogP contribution in [-0.2, 0) is 28.9 Å². The highest BCUT2D eigenvalue weighted by molar-refractivity contribution is 7.80. The first kappa shape index (κ1) is 51.9. The molecule has 1 amide bonds. The van der Waals surface area contributed by atoms with Crippen molar-refractivity contribution >= 4 is 16.3 Å². The van der Waals surface area contributed by atoms with E-state index in [1.54, 1.807) is 0 Å². The number of hydrogen-bond donors (Lipinski definition) is 6. The van der Waals surface area contributed by atoms with Crippen molar-refractivity contribution in [2.45, 2.75) is 236 Å². The van der Waals surface area contributed by atoms with Crippen LogP contribution in [0.5, 0.6) is 0 Å². The maximum Gasteiger partial charge on any atom is 0.397 e. The van der Waals surface area contributed by atoms with Gasteiger partial charge in [-0.2, -0.15) is 8.42 Å². The number of carbonyl (C=O) groups is 1. The average molecular weight is 808 g/mol. The Morgan fingerprint density at radius 1 is 0.709 bits per heavy atom. The predicted molar refractivity (Wildman–Crippen MR) is 218 cm³/mol. The van der Waals surface area contributed by atoms with Crippen LogP contribution in [0.3, 0.4) is 0 Å². The van der Waals surface area contributed by atoms with Gasteiger partial charge in [0.05, 0.1) is 25.4 Å². The van der Waals surface area contributed by atoms with E-state index in [1.165, 1.54) is 103 Å². The second-order valence-electron chi connectivity index (χ2n) is 15.6. The zero-order valence-corrected chi connectivity index (χ0v) is 35.3.